The molecule has 0 bridgehead atoms. The van der Waals surface area contributed by atoms with Gasteiger partial charge >= 0.3 is 0 Å². The van der Waals surface area contributed by atoms with Crippen molar-refractivity contribution in [2.45, 2.75) is 0 Å². The number of carbonyl (C=O) groups excluding carboxylic acids is 3. The summed E-state index contributed by atoms with van der Waals surface area (Å²) >= 11 is 5.88. The van der Waals surface area contributed by atoms with E-state index in [2.05, 4.69) is 15.3 Å². The van der Waals surface area contributed by atoms with Crippen LogP contribution in [0.2, 0.25) is 5.02 Å². The van der Waals surface area contributed by atoms with Crippen LogP contribution in [-0.2, 0) is 0 Å². The molecule has 6 N–H and O–H groups in total. The molecule has 0 fully saturated rings. The topological polar surface area (TPSA) is 144 Å². The van der Waals surface area contributed by atoms with Crippen LogP contribution in [0.5, 0.6) is 0 Å². The van der Waals surface area contributed by atoms with E-state index < -0.39 is 23.5 Å². The van der Waals surface area contributed by atoms with Gasteiger partial charge < -0.3 is 21.8 Å². The third-order valence-corrected chi connectivity index (χ3v) is 4.09. The Kier molecular flexibility index (Phi) is 5.10. The Labute approximate surface area is 162 Å². The van der Waals surface area contributed by atoms with Crippen molar-refractivity contribution in [2.75, 3.05) is 5.32 Å². The molecule has 0 radical (unpaired) electrons. The van der Waals surface area contributed by atoms with E-state index in [4.69, 9.17) is 23.1 Å². The normalized spacial score (nSPS) is 10.5. The summed E-state index contributed by atoms with van der Waals surface area (Å²) in [5, 5.41) is 2.61. The number of hydrogen-bond donors (Lipinski definition) is 4. The highest BCUT2D eigenvalue weighted by atomic mass is 35.5. The van der Waals surface area contributed by atoms with Gasteiger partial charge in [0.15, 0.2) is 5.69 Å². The third-order valence-electron chi connectivity index (χ3n) is 3.78. The van der Waals surface area contributed by atoms with E-state index in [0.29, 0.717) is 11.3 Å². The molecule has 0 saturated carbocycles. The average molecular weight is 402 g/mol. The van der Waals surface area contributed by atoms with Crippen LogP contribution in [0.3, 0.4) is 0 Å². The van der Waals surface area contributed by atoms with Crippen LogP contribution in [0.25, 0.3) is 11.4 Å². The number of rotatable bonds is 5. The molecule has 0 atom stereocenters. The van der Waals surface area contributed by atoms with E-state index in [1.54, 1.807) is 24.3 Å². The fourth-order valence-corrected chi connectivity index (χ4v) is 2.70. The molecule has 3 rings (SSSR count). The van der Waals surface area contributed by atoms with Crippen LogP contribution in [0.15, 0.2) is 42.5 Å². The molecule has 0 aliphatic rings. The number of imidazole rings is 1. The van der Waals surface area contributed by atoms with Gasteiger partial charge in [-0.2, -0.15) is 0 Å². The number of nitrogens with one attached hydrogen (secondary N) is 2. The minimum absolute atomic E-state index is 0.0114. The number of halogens is 2. The first-order valence-corrected chi connectivity index (χ1v) is 8.20. The summed E-state index contributed by atoms with van der Waals surface area (Å²) in [5.74, 6) is -2.61. The summed E-state index contributed by atoms with van der Waals surface area (Å²) in [6.07, 6.45) is 0. The minimum atomic E-state index is -0.892. The van der Waals surface area contributed by atoms with Gasteiger partial charge in [0.25, 0.3) is 17.7 Å². The number of aromatic amines is 1. The molecule has 0 spiro atoms. The molecule has 28 heavy (non-hydrogen) atoms. The maximum atomic E-state index is 13.1. The van der Waals surface area contributed by atoms with E-state index >= 15 is 0 Å². The maximum Gasteiger partial charge on any atom is 0.269 e. The van der Waals surface area contributed by atoms with Crippen LogP contribution in [0, 0.1) is 5.82 Å². The molecule has 3 aromatic rings. The van der Waals surface area contributed by atoms with Gasteiger partial charge in [-0.05, 0) is 42.5 Å². The number of H-pyrrole nitrogens is 1. The predicted octanol–water partition coefficient (Wildman–Crippen LogP) is 2.32. The fourth-order valence-electron chi connectivity index (χ4n) is 2.45. The first-order valence-electron chi connectivity index (χ1n) is 7.82. The first-order chi connectivity index (χ1) is 13.3. The second kappa shape index (κ2) is 7.49. The van der Waals surface area contributed by atoms with Gasteiger partial charge in [0.2, 0.25) is 0 Å². The van der Waals surface area contributed by atoms with Crippen molar-refractivity contribution in [3.63, 3.8) is 0 Å². The van der Waals surface area contributed by atoms with Crippen molar-refractivity contribution in [1.29, 1.82) is 0 Å². The Balaban J connectivity index is 1.82. The number of aromatic nitrogens is 2. The minimum Gasteiger partial charge on any atom is -0.364 e. The quantitative estimate of drug-likeness (QED) is 0.520. The second-order valence-electron chi connectivity index (χ2n) is 5.69. The van der Waals surface area contributed by atoms with E-state index in [-0.39, 0.29) is 27.8 Å². The molecular formula is C18H13ClFN5O3. The second-order valence-corrected chi connectivity index (χ2v) is 6.10. The number of amides is 3. The van der Waals surface area contributed by atoms with E-state index in [1.165, 1.54) is 6.07 Å². The summed E-state index contributed by atoms with van der Waals surface area (Å²) < 4.78 is 13.1. The molecule has 0 aliphatic carbocycles. The molecule has 142 valence electrons. The number of nitrogens with zero attached hydrogens (tertiary/aromatic N) is 1. The number of carbonyl (C=O) groups is 3. The molecule has 3 amide bonds. The molecule has 0 aliphatic heterocycles. The van der Waals surface area contributed by atoms with Gasteiger partial charge in [0, 0.05) is 11.3 Å². The summed E-state index contributed by atoms with van der Waals surface area (Å²) in [5.41, 5.74) is 11.0. The highest BCUT2D eigenvalue weighted by Crippen LogP contribution is 2.22. The van der Waals surface area contributed by atoms with E-state index in [1.807, 2.05) is 0 Å². The zero-order valence-corrected chi connectivity index (χ0v) is 14.9. The lowest BCUT2D eigenvalue weighted by molar-refractivity contribution is 0.0962. The van der Waals surface area contributed by atoms with Crippen molar-refractivity contribution in [3.05, 3.63) is 70.3 Å². The van der Waals surface area contributed by atoms with Crippen molar-refractivity contribution in [1.82, 2.24) is 9.97 Å². The smallest absolute Gasteiger partial charge is 0.269 e. The lowest BCUT2D eigenvalue weighted by Crippen LogP contribution is -2.20. The molecule has 10 heteroatoms. The van der Waals surface area contributed by atoms with Gasteiger partial charge in [0.1, 0.15) is 17.3 Å². The summed E-state index contributed by atoms with van der Waals surface area (Å²) in [7, 11) is 0. The van der Waals surface area contributed by atoms with E-state index in [0.717, 1.165) is 12.1 Å². The molecule has 1 aromatic heterocycles. The van der Waals surface area contributed by atoms with Gasteiger partial charge in [-0.1, -0.05) is 11.6 Å². The lowest BCUT2D eigenvalue weighted by atomic mass is 10.1. The third kappa shape index (κ3) is 3.84. The molecule has 0 saturated heterocycles. The first kappa shape index (κ1) is 19.1. The number of nitrogens with two attached hydrogens (primary N) is 2. The summed E-state index contributed by atoms with van der Waals surface area (Å²) in [6, 6.07) is 9.78. The number of primary amides is 2. The van der Waals surface area contributed by atoms with Crippen molar-refractivity contribution >= 4 is 35.0 Å². The van der Waals surface area contributed by atoms with Crippen molar-refractivity contribution in [2.24, 2.45) is 11.5 Å². The Morgan fingerprint density at radius 3 is 2.25 bits per heavy atom. The number of anilines is 1. The zero-order chi connectivity index (χ0) is 20.4. The van der Waals surface area contributed by atoms with Crippen LogP contribution in [0.1, 0.15) is 31.3 Å². The van der Waals surface area contributed by atoms with Crippen molar-refractivity contribution < 1.29 is 18.8 Å². The molecule has 1 heterocycles. The molecule has 0 unspecified atom stereocenters. The Morgan fingerprint density at radius 2 is 1.71 bits per heavy atom. The summed E-state index contributed by atoms with van der Waals surface area (Å²) in [4.78, 5) is 41.7. The van der Waals surface area contributed by atoms with Gasteiger partial charge in [-0.15, -0.1) is 0 Å². The zero-order valence-electron chi connectivity index (χ0n) is 14.1. The van der Waals surface area contributed by atoms with Crippen LogP contribution >= 0.6 is 11.6 Å². The van der Waals surface area contributed by atoms with Crippen LogP contribution in [0.4, 0.5) is 10.1 Å². The predicted molar refractivity (Wildman–Crippen MR) is 100 cm³/mol. The van der Waals surface area contributed by atoms with E-state index in [9.17, 15) is 18.8 Å². The Hall–Kier alpha value is -3.72. The fraction of sp³-hybridized carbons (Fsp3) is 0. The Bertz CT molecular complexity index is 1060. The van der Waals surface area contributed by atoms with Gasteiger partial charge in [0.05, 0.1) is 10.6 Å². The number of hydrogen-bond acceptors (Lipinski definition) is 4. The van der Waals surface area contributed by atoms with Gasteiger partial charge in [-0.25, -0.2) is 9.37 Å². The highest BCUT2D eigenvalue weighted by molar-refractivity contribution is 6.34. The SMILES string of the molecule is NC(=O)c1nc(-c2ccc(NC(=O)c3ccc(F)cc3Cl)cc2)[nH]c1C(N)=O. The molecule has 8 nitrogen and oxygen atoms in total. The summed E-state index contributed by atoms with van der Waals surface area (Å²) in [6.45, 7) is 0. The monoisotopic (exact) mass is 401 g/mol. The molecular weight excluding hydrogens is 389 g/mol. The van der Waals surface area contributed by atoms with Crippen LogP contribution in [-0.4, -0.2) is 27.7 Å². The van der Waals surface area contributed by atoms with Gasteiger partial charge in [-0.3, -0.25) is 14.4 Å². The molecule has 2 aromatic carbocycles. The average Bonchev–Trinajstić information content (AvgIpc) is 3.08. The van der Waals surface area contributed by atoms with Crippen LogP contribution < -0.4 is 16.8 Å². The number of benzene rings is 2. The largest absolute Gasteiger partial charge is 0.364 e. The Morgan fingerprint density at radius 1 is 1.04 bits per heavy atom. The lowest BCUT2D eigenvalue weighted by Gasteiger charge is -2.07. The highest BCUT2D eigenvalue weighted by Gasteiger charge is 2.20. The standard InChI is InChI=1S/C18H13ClFN5O3/c19-12-7-9(20)3-6-11(12)18(28)23-10-4-1-8(2-5-10)17-24-13(15(21)26)14(25-17)16(22)27/h1-7H,(H2,21,26)(H2,22,27)(H,23,28)(H,24,25). The van der Waals surface area contributed by atoms with Crippen molar-refractivity contribution in [3.8, 4) is 11.4 Å². The maximum absolute atomic E-state index is 13.1.